The highest BCUT2D eigenvalue weighted by Crippen LogP contribution is 2.32. The maximum atomic E-state index is 13.2. The number of amides is 4. The van der Waals surface area contributed by atoms with Crippen LogP contribution in [0.4, 0.5) is 28.8 Å². The van der Waals surface area contributed by atoms with E-state index in [4.69, 9.17) is 4.74 Å². The van der Waals surface area contributed by atoms with E-state index in [-0.39, 0.29) is 42.1 Å². The molecular weight excluding hydrogens is 739 g/mol. The Bertz CT molecular complexity index is 2210. The van der Waals surface area contributed by atoms with Gasteiger partial charge in [-0.1, -0.05) is 12.1 Å². The van der Waals surface area contributed by atoms with E-state index in [1.165, 1.54) is 11.0 Å². The predicted molar refractivity (Wildman–Crippen MR) is 210 cm³/mol. The lowest BCUT2D eigenvalue weighted by Crippen LogP contribution is -2.46. The van der Waals surface area contributed by atoms with Crippen molar-refractivity contribution in [3.05, 3.63) is 90.1 Å². The number of nitrogens with zero attached hydrogens (tertiary/aromatic N) is 3. The Balaban J connectivity index is 0.916. The number of hydrogen-bond donors (Lipinski definition) is 6. The minimum absolute atomic E-state index is 0.0524. The molecule has 6 N–H and O–H groups in total. The molecule has 0 unspecified atom stereocenters. The van der Waals surface area contributed by atoms with Gasteiger partial charge >= 0.3 is 0 Å². The zero-order valence-corrected chi connectivity index (χ0v) is 32.2. The molecule has 0 spiro atoms. The molecule has 56 heavy (non-hydrogen) atoms. The summed E-state index contributed by atoms with van der Waals surface area (Å²) in [6.45, 7) is 6.50. The topological polar surface area (TPSA) is 213 Å². The highest BCUT2D eigenvalue weighted by molar-refractivity contribution is 7.89. The first-order valence-corrected chi connectivity index (χ1v) is 19.7. The number of hydrogen-bond acceptors (Lipinski definition) is 12. The van der Waals surface area contributed by atoms with E-state index in [9.17, 15) is 27.6 Å². The Hall–Kier alpha value is -5.91. The van der Waals surface area contributed by atoms with Crippen LogP contribution in [0.5, 0.6) is 5.75 Å². The Kier molecular flexibility index (Phi) is 12.3. The molecule has 1 saturated heterocycles. The van der Waals surface area contributed by atoms with Gasteiger partial charge < -0.3 is 30.9 Å². The third-order valence-electron chi connectivity index (χ3n) is 8.77. The second-order valence-electron chi connectivity index (χ2n) is 14.4. The molecule has 0 radical (unpaired) electrons. The number of ether oxygens (including phenoxy) is 1. The maximum Gasteiger partial charge on any atom is 0.255 e. The van der Waals surface area contributed by atoms with Crippen LogP contribution in [0.1, 0.15) is 62.4 Å². The van der Waals surface area contributed by atoms with Crippen LogP contribution in [-0.4, -0.2) is 78.2 Å². The lowest BCUT2D eigenvalue weighted by Gasteiger charge is -2.24. The lowest BCUT2D eigenvalue weighted by molar-refractivity contribution is -0.132. The molecule has 1 atom stereocenters. The van der Waals surface area contributed by atoms with Crippen LogP contribution in [-0.2, 0) is 31.0 Å². The van der Waals surface area contributed by atoms with Crippen molar-refractivity contribution in [2.45, 2.75) is 69.5 Å². The quantitative estimate of drug-likeness (QED) is 0.0740. The minimum atomic E-state index is -3.70. The smallest absolute Gasteiger partial charge is 0.255 e. The number of benzene rings is 3. The average molecular weight is 784 g/mol. The van der Waals surface area contributed by atoms with E-state index < -0.39 is 27.5 Å². The van der Waals surface area contributed by atoms with E-state index in [1.54, 1.807) is 69.4 Å². The fourth-order valence-corrected chi connectivity index (χ4v) is 7.74. The average Bonchev–Trinajstić information content (AvgIpc) is 3.37. The Labute approximate surface area is 325 Å². The van der Waals surface area contributed by atoms with Crippen LogP contribution < -0.4 is 36.0 Å². The molecule has 1 fully saturated rings. The molecule has 3 heterocycles. The van der Waals surface area contributed by atoms with Crippen molar-refractivity contribution in [3.63, 3.8) is 0 Å². The first kappa shape index (κ1) is 39.8. The van der Waals surface area contributed by atoms with E-state index in [0.717, 1.165) is 5.69 Å². The predicted octanol–water partition coefficient (Wildman–Crippen LogP) is 4.19. The summed E-state index contributed by atoms with van der Waals surface area (Å²) in [6, 6.07) is 19.8. The summed E-state index contributed by atoms with van der Waals surface area (Å²) in [6.07, 6.45) is 3.37. The normalized spacial score (nSPS) is 15.8. The second-order valence-corrected chi connectivity index (χ2v) is 16.1. The van der Waals surface area contributed by atoms with E-state index in [0.29, 0.717) is 72.4 Å². The SMILES string of the molecule is CC(C)(C)NS(=O)(=O)c1cccc(Nc2ccnc(Nc3ccc(OCCCNCC(=O)Nc4cccc5c4CN([C@H]4CCCC(=O)NC4=O)C5=O)cc3)n2)c1. The molecule has 3 aromatic carbocycles. The minimum Gasteiger partial charge on any atom is -0.494 e. The van der Waals surface area contributed by atoms with Crippen LogP contribution in [0.3, 0.4) is 0 Å². The number of imide groups is 1. The van der Waals surface area contributed by atoms with Crippen LogP contribution in [0.25, 0.3) is 0 Å². The van der Waals surface area contributed by atoms with Gasteiger partial charge in [-0.25, -0.2) is 18.1 Å². The van der Waals surface area contributed by atoms with Gasteiger partial charge in [-0.15, -0.1) is 0 Å². The molecule has 0 saturated carbocycles. The summed E-state index contributed by atoms with van der Waals surface area (Å²) < 4.78 is 34.1. The molecule has 4 aromatic rings. The van der Waals surface area contributed by atoms with Crippen molar-refractivity contribution in [2.75, 3.05) is 35.6 Å². The number of rotatable bonds is 15. The molecule has 2 aliphatic rings. The third kappa shape index (κ3) is 10.4. The van der Waals surface area contributed by atoms with Gasteiger partial charge in [0.2, 0.25) is 33.7 Å². The number of sulfonamides is 1. The molecule has 294 valence electrons. The summed E-state index contributed by atoms with van der Waals surface area (Å²) >= 11 is 0. The highest BCUT2D eigenvalue weighted by Gasteiger charge is 2.39. The van der Waals surface area contributed by atoms with Gasteiger partial charge in [0, 0.05) is 52.9 Å². The summed E-state index contributed by atoms with van der Waals surface area (Å²) in [5.41, 5.74) is 2.25. The van der Waals surface area contributed by atoms with Gasteiger partial charge in [-0.05, 0) is 107 Å². The molecule has 4 amide bonds. The maximum absolute atomic E-state index is 13.2. The van der Waals surface area contributed by atoms with Crippen molar-refractivity contribution in [1.29, 1.82) is 0 Å². The summed E-state index contributed by atoms with van der Waals surface area (Å²) in [5, 5.41) is 14.6. The monoisotopic (exact) mass is 783 g/mol. The Morgan fingerprint density at radius 1 is 0.982 bits per heavy atom. The highest BCUT2D eigenvalue weighted by atomic mass is 32.2. The fraction of sp³-hybridized carbons (Fsp3) is 0.333. The Morgan fingerprint density at radius 3 is 2.55 bits per heavy atom. The molecule has 17 heteroatoms. The first-order chi connectivity index (χ1) is 26.7. The van der Waals surface area contributed by atoms with Crippen molar-refractivity contribution in [1.82, 2.24) is 30.2 Å². The largest absolute Gasteiger partial charge is 0.494 e. The number of carbonyl (C=O) groups excluding carboxylic acids is 4. The molecule has 1 aromatic heterocycles. The van der Waals surface area contributed by atoms with Gasteiger partial charge in [-0.3, -0.25) is 24.5 Å². The lowest BCUT2D eigenvalue weighted by atomic mass is 10.1. The zero-order chi connectivity index (χ0) is 39.9. The molecule has 16 nitrogen and oxygen atoms in total. The standard InChI is InChI=1S/C39H45N9O7S/c1-39(2,3)47-56(53,54)28-9-4-8-26(22-28)42-33-18-20-41-38(45-33)43-25-14-16-27(17-15-25)55-21-7-19-40-23-35(50)44-31-11-5-10-29-30(31)24-48(37(29)52)32-12-6-13-34(49)46-36(32)51/h4-5,8-11,14-18,20,22,32,40,47H,6-7,12-13,19,21,23-24H2,1-3H3,(H,44,50)(H,46,49,51)(H2,41,42,43,45)/t32-/m0/s1. The molecular formula is C39H45N9O7S. The van der Waals surface area contributed by atoms with Gasteiger partial charge in [0.25, 0.3) is 5.91 Å². The van der Waals surface area contributed by atoms with Gasteiger partial charge in [0.1, 0.15) is 17.6 Å². The molecule has 0 bridgehead atoms. The van der Waals surface area contributed by atoms with Crippen LogP contribution in [0, 0.1) is 0 Å². The van der Waals surface area contributed by atoms with E-state index >= 15 is 0 Å². The van der Waals surface area contributed by atoms with Gasteiger partial charge in [0.15, 0.2) is 0 Å². The van der Waals surface area contributed by atoms with Crippen molar-refractivity contribution in [3.8, 4) is 5.75 Å². The number of aromatic nitrogens is 2. The number of anilines is 5. The third-order valence-corrected chi connectivity index (χ3v) is 10.5. The van der Waals surface area contributed by atoms with Crippen molar-refractivity contribution < 1.29 is 32.3 Å². The van der Waals surface area contributed by atoms with Gasteiger partial charge in [0.05, 0.1) is 18.0 Å². The van der Waals surface area contributed by atoms with Crippen LogP contribution >= 0.6 is 0 Å². The second kappa shape index (κ2) is 17.3. The van der Waals surface area contributed by atoms with E-state index in [1.807, 2.05) is 24.3 Å². The zero-order valence-electron chi connectivity index (χ0n) is 31.3. The molecule has 2 aliphatic heterocycles. The number of nitrogens with one attached hydrogen (secondary N) is 6. The first-order valence-electron chi connectivity index (χ1n) is 18.3. The Morgan fingerprint density at radius 2 is 1.77 bits per heavy atom. The van der Waals surface area contributed by atoms with Crippen molar-refractivity contribution >= 4 is 62.5 Å². The fourth-order valence-electron chi connectivity index (χ4n) is 6.28. The summed E-state index contributed by atoms with van der Waals surface area (Å²) in [4.78, 5) is 60.7. The van der Waals surface area contributed by atoms with Crippen molar-refractivity contribution in [2.24, 2.45) is 0 Å². The van der Waals surface area contributed by atoms with Gasteiger partial charge in [-0.2, -0.15) is 4.98 Å². The molecule has 6 rings (SSSR count). The van der Waals surface area contributed by atoms with E-state index in [2.05, 4.69) is 41.3 Å². The summed E-state index contributed by atoms with van der Waals surface area (Å²) in [7, 11) is -3.70. The molecule has 0 aliphatic carbocycles. The van der Waals surface area contributed by atoms with Crippen LogP contribution in [0.15, 0.2) is 83.9 Å². The summed E-state index contributed by atoms with van der Waals surface area (Å²) in [5.74, 6) is 0.0889. The number of fused-ring (bicyclic) bond motifs is 1. The van der Waals surface area contributed by atoms with Crippen LogP contribution in [0.2, 0.25) is 0 Å². The number of carbonyl (C=O) groups is 4.